The Labute approximate surface area is 142 Å². The van der Waals surface area contributed by atoms with Crippen LogP contribution in [-0.4, -0.2) is 11.5 Å². The molecule has 7 heteroatoms. The van der Waals surface area contributed by atoms with Crippen molar-refractivity contribution in [3.8, 4) is 11.8 Å². The minimum Gasteiger partial charge on any atom is -0.463 e. The van der Waals surface area contributed by atoms with Crippen molar-refractivity contribution in [2.75, 3.05) is 5.32 Å². The number of para-hydroxylation sites is 1. The predicted molar refractivity (Wildman–Crippen MR) is 85.9 cm³/mol. The zero-order valence-electron chi connectivity index (χ0n) is 13.5. The first-order valence-electron chi connectivity index (χ1n) is 7.30. The normalized spacial score (nSPS) is 13.4. The first kappa shape index (κ1) is 18.3. The van der Waals surface area contributed by atoms with Gasteiger partial charge in [0.1, 0.15) is 11.8 Å². The number of rotatable bonds is 4. The smallest absolute Gasteiger partial charge is 0.416 e. The number of nitrogens with zero attached hydrogens (tertiary/aromatic N) is 1. The van der Waals surface area contributed by atoms with Gasteiger partial charge in [0.05, 0.1) is 5.56 Å². The second-order valence-corrected chi connectivity index (χ2v) is 5.54. The zero-order valence-corrected chi connectivity index (χ0v) is 13.5. The maximum atomic E-state index is 12.6. The molecule has 0 radical (unpaired) electrons. The minimum atomic E-state index is -4.47. The Kier molecular flexibility index (Phi) is 5.02. The lowest BCUT2D eigenvalue weighted by atomic mass is 10.1. The van der Waals surface area contributed by atoms with Crippen LogP contribution in [0.5, 0.6) is 5.75 Å². The lowest BCUT2D eigenvalue weighted by Crippen LogP contribution is -2.44. The molecule has 1 N–H and O–H groups in total. The predicted octanol–water partition coefficient (Wildman–Crippen LogP) is 4.31. The van der Waals surface area contributed by atoms with Gasteiger partial charge in [-0.25, -0.2) is 0 Å². The maximum absolute atomic E-state index is 12.6. The SMILES string of the molecule is Cc1ccccc1NC(=O)C(C)(C#N)Oc1ccc(C(F)(F)F)cc1. The molecular formula is C18H15F3N2O2. The highest BCUT2D eigenvalue weighted by atomic mass is 19.4. The highest BCUT2D eigenvalue weighted by Crippen LogP contribution is 2.31. The van der Waals surface area contributed by atoms with Crippen LogP contribution in [0.3, 0.4) is 0 Å². The van der Waals surface area contributed by atoms with Crippen LogP contribution in [0.25, 0.3) is 0 Å². The average Bonchev–Trinajstić information content (AvgIpc) is 2.56. The van der Waals surface area contributed by atoms with Crippen molar-refractivity contribution in [1.29, 1.82) is 5.26 Å². The van der Waals surface area contributed by atoms with Crippen LogP contribution in [0.4, 0.5) is 18.9 Å². The molecule has 0 saturated carbocycles. The van der Waals surface area contributed by atoms with Gasteiger partial charge in [0.2, 0.25) is 0 Å². The van der Waals surface area contributed by atoms with Gasteiger partial charge in [-0.05, 0) is 49.7 Å². The Morgan fingerprint density at radius 2 is 1.72 bits per heavy atom. The van der Waals surface area contributed by atoms with Crippen molar-refractivity contribution in [2.45, 2.75) is 25.6 Å². The summed E-state index contributed by atoms with van der Waals surface area (Å²) in [5, 5.41) is 11.9. The molecule has 2 aromatic rings. The van der Waals surface area contributed by atoms with E-state index in [0.717, 1.165) is 29.8 Å². The highest BCUT2D eigenvalue weighted by molar-refractivity contribution is 5.99. The third-order valence-corrected chi connectivity index (χ3v) is 3.54. The highest BCUT2D eigenvalue weighted by Gasteiger charge is 2.37. The third-order valence-electron chi connectivity index (χ3n) is 3.54. The lowest BCUT2D eigenvalue weighted by Gasteiger charge is -2.23. The Bertz CT molecular complexity index is 810. The molecule has 2 aromatic carbocycles. The number of carbonyl (C=O) groups excluding carboxylic acids is 1. The van der Waals surface area contributed by atoms with Crippen molar-refractivity contribution in [1.82, 2.24) is 0 Å². The molecule has 4 nitrogen and oxygen atoms in total. The number of anilines is 1. The molecule has 0 aliphatic rings. The van der Waals surface area contributed by atoms with Gasteiger partial charge in [0.15, 0.2) is 0 Å². The molecule has 0 saturated heterocycles. The van der Waals surface area contributed by atoms with Crippen molar-refractivity contribution >= 4 is 11.6 Å². The summed E-state index contributed by atoms with van der Waals surface area (Å²) < 4.78 is 43.1. The fraction of sp³-hybridized carbons (Fsp3) is 0.222. The molecule has 0 aliphatic heterocycles. The van der Waals surface area contributed by atoms with Crippen molar-refractivity contribution < 1.29 is 22.7 Å². The van der Waals surface area contributed by atoms with Gasteiger partial charge in [-0.1, -0.05) is 18.2 Å². The molecule has 130 valence electrons. The second kappa shape index (κ2) is 6.85. The molecule has 1 atom stereocenters. The van der Waals surface area contributed by atoms with Crippen LogP contribution < -0.4 is 10.1 Å². The van der Waals surface area contributed by atoms with Crippen LogP contribution in [-0.2, 0) is 11.0 Å². The third kappa shape index (κ3) is 4.29. The number of hydrogen-bond donors (Lipinski definition) is 1. The van der Waals surface area contributed by atoms with Gasteiger partial charge < -0.3 is 10.1 Å². The number of halogens is 3. The molecule has 0 aliphatic carbocycles. The average molecular weight is 348 g/mol. The summed E-state index contributed by atoms with van der Waals surface area (Å²) in [6.45, 7) is 3.04. The molecule has 25 heavy (non-hydrogen) atoms. The van der Waals surface area contributed by atoms with E-state index in [0.29, 0.717) is 5.69 Å². The Morgan fingerprint density at radius 3 is 2.24 bits per heavy atom. The summed E-state index contributed by atoms with van der Waals surface area (Å²) in [5.41, 5.74) is -1.43. The van der Waals surface area contributed by atoms with E-state index in [1.807, 2.05) is 0 Å². The minimum absolute atomic E-state index is 0.0167. The van der Waals surface area contributed by atoms with Crippen LogP contribution in [0, 0.1) is 18.3 Å². The number of nitrogens with one attached hydrogen (secondary N) is 1. The number of benzene rings is 2. The van der Waals surface area contributed by atoms with Crippen LogP contribution in [0.1, 0.15) is 18.1 Å². The van der Waals surface area contributed by atoms with Crippen LogP contribution >= 0.6 is 0 Å². The van der Waals surface area contributed by atoms with E-state index >= 15 is 0 Å². The van der Waals surface area contributed by atoms with Gasteiger partial charge in [-0.2, -0.15) is 18.4 Å². The topological polar surface area (TPSA) is 62.1 Å². The fourth-order valence-corrected chi connectivity index (χ4v) is 2.02. The Hall–Kier alpha value is -3.01. The summed E-state index contributed by atoms with van der Waals surface area (Å²) in [6, 6.07) is 12.5. The molecular weight excluding hydrogens is 333 g/mol. The molecule has 0 heterocycles. The van der Waals surface area contributed by atoms with Crippen molar-refractivity contribution in [3.63, 3.8) is 0 Å². The number of alkyl halides is 3. The second-order valence-electron chi connectivity index (χ2n) is 5.54. The lowest BCUT2D eigenvalue weighted by molar-refractivity contribution is -0.137. The monoisotopic (exact) mass is 348 g/mol. The van der Waals surface area contributed by atoms with E-state index in [9.17, 15) is 23.2 Å². The summed E-state index contributed by atoms with van der Waals surface area (Å²) in [7, 11) is 0. The van der Waals surface area contributed by atoms with E-state index < -0.39 is 23.2 Å². The van der Waals surface area contributed by atoms with E-state index in [1.165, 1.54) is 6.92 Å². The van der Waals surface area contributed by atoms with E-state index in [-0.39, 0.29) is 5.75 Å². The van der Waals surface area contributed by atoms with E-state index in [2.05, 4.69) is 5.32 Å². The maximum Gasteiger partial charge on any atom is 0.416 e. The quantitative estimate of drug-likeness (QED) is 0.895. The fourth-order valence-electron chi connectivity index (χ4n) is 2.02. The number of carbonyl (C=O) groups is 1. The van der Waals surface area contributed by atoms with Crippen LogP contribution in [0.2, 0.25) is 0 Å². The standard InChI is InChI=1S/C18H15F3N2O2/c1-12-5-3-4-6-15(12)23-16(24)17(2,11-22)25-14-9-7-13(8-10-14)18(19,20)21/h3-10H,1-2H3,(H,23,24). The van der Waals surface area contributed by atoms with Gasteiger partial charge in [0, 0.05) is 5.69 Å². The molecule has 1 amide bonds. The van der Waals surface area contributed by atoms with E-state index in [1.54, 1.807) is 37.3 Å². The Morgan fingerprint density at radius 1 is 1.12 bits per heavy atom. The number of aryl methyl sites for hydroxylation is 1. The number of ether oxygens (including phenoxy) is 1. The van der Waals surface area contributed by atoms with Gasteiger partial charge >= 0.3 is 6.18 Å². The number of amides is 1. The first-order valence-corrected chi connectivity index (χ1v) is 7.30. The molecule has 2 rings (SSSR count). The van der Waals surface area contributed by atoms with E-state index in [4.69, 9.17) is 4.74 Å². The summed E-state index contributed by atoms with van der Waals surface area (Å²) in [5.74, 6) is -0.735. The summed E-state index contributed by atoms with van der Waals surface area (Å²) in [6.07, 6.45) is -4.47. The molecule has 0 fully saturated rings. The molecule has 0 bridgehead atoms. The summed E-state index contributed by atoms with van der Waals surface area (Å²) >= 11 is 0. The number of nitriles is 1. The molecule has 0 spiro atoms. The summed E-state index contributed by atoms with van der Waals surface area (Å²) in [4.78, 5) is 12.4. The first-order chi connectivity index (χ1) is 11.7. The largest absolute Gasteiger partial charge is 0.463 e. The molecule has 0 aromatic heterocycles. The Balaban J connectivity index is 2.18. The van der Waals surface area contributed by atoms with Gasteiger partial charge in [-0.15, -0.1) is 0 Å². The molecule has 1 unspecified atom stereocenters. The van der Waals surface area contributed by atoms with Crippen molar-refractivity contribution in [3.05, 3.63) is 59.7 Å². The number of hydrogen-bond acceptors (Lipinski definition) is 3. The van der Waals surface area contributed by atoms with Gasteiger partial charge in [0.25, 0.3) is 11.5 Å². The van der Waals surface area contributed by atoms with Crippen molar-refractivity contribution in [2.24, 2.45) is 0 Å². The van der Waals surface area contributed by atoms with Gasteiger partial charge in [-0.3, -0.25) is 4.79 Å². The zero-order chi connectivity index (χ0) is 18.7. The van der Waals surface area contributed by atoms with Crippen LogP contribution in [0.15, 0.2) is 48.5 Å².